The average Bonchev–Trinajstić information content (AvgIpc) is 2.48. The van der Waals surface area contributed by atoms with E-state index >= 15 is 0 Å². The quantitative estimate of drug-likeness (QED) is 0.862. The molecule has 5 nitrogen and oxygen atoms in total. The Morgan fingerprint density at radius 2 is 2.00 bits per heavy atom. The van der Waals surface area contributed by atoms with Crippen LogP contribution in [0.5, 0.6) is 5.75 Å². The second-order valence-corrected chi connectivity index (χ2v) is 5.93. The Labute approximate surface area is 124 Å². The number of rotatable bonds is 1. The summed E-state index contributed by atoms with van der Waals surface area (Å²) in [5.41, 5.74) is 1.18. The van der Waals surface area contributed by atoms with Crippen LogP contribution < -0.4 is 10.1 Å². The van der Waals surface area contributed by atoms with Gasteiger partial charge in [0.15, 0.2) is 6.10 Å². The molecule has 0 aromatic heterocycles. The number of carbonyl (C=O) groups is 2. The van der Waals surface area contributed by atoms with Crippen molar-refractivity contribution in [1.82, 2.24) is 4.90 Å². The molecule has 2 heterocycles. The number of hydrogen-bond donors (Lipinski definition) is 1. The van der Waals surface area contributed by atoms with Crippen LogP contribution in [-0.2, 0) is 4.79 Å². The van der Waals surface area contributed by atoms with Gasteiger partial charge >= 0.3 is 0 Å². The van der Waals surface area contributed by atoms with E-state index in [0.29, 0.717) is 22.9 Å². The fraction of sp³-hybridized carbons (Fsp3) is 0.500. The van der Waals surface area contributed by atoms with E-state index in [2.05, 4.69) is 12.2 Å². The van der Waals surface area contributed by atoms with Crippen LogP contribution in [0.3, 0.4) is 0 Å². The standard InChI is InChI=1S/C16H20N2O3/c1-10-5-7-18(8-6-10)16(20)12-3-4-14-13(9-12)17-15(19)11(2)21-14/h3-4,9-11H,5-8H2,1-2H3,(H,17,19). The van der Waals surface area contributed by atoms with Gasteiger partial charge in [0, 0.05) is 18.7 Å². The molecule has 0 bridgehead atoms. The Kier molecular flexibility index (Phi) is 3.57. The average molecular weight is 288 g/mol. The molecule has 1 saturated heterocycles. The Morgan fingerprint density at radius 3 is 2.71 bits per heavy atom. The second-order valence-electron chi connectivity index (χ2n) is 5.93. The molecule has 3 rings (SSSR count). The molecule has 2 amide bonds. The molecular weight excluding hydrogens is 268 g/mol. The van der Waals surface area contributed by atoms with Gasteiger partial charge in [-0.1, -0.05) is 6.92 Å². The fourth-order valence-electron chi connectivity index (χ4n) is 2.74. The van der Waals surface area contributed by atoms with Crippen LogP contribution in [0.25, 0.3) is 0 Å². The van der Waals surface area contributed by atoms with Gasteiger partial charge < -0.3 is 15.0 Å². The molecule has 1 N–H and O–H groups in total. The largest absolute Gasteiger partial charge is 0.479 e. The molecule has 2 aliphatic rings. The predicted octanol–water partition coefficient (Wildman–Crippen LogP) is 2.28. The van der Waals surface area contributed by atoms with Crippen LogP contribution in [0.2, 0.25) is 0 Å². The Morgan fingerprint density at radius 1 is 1.29 bits per heavy atom. The molecule has 1 atom stereocenters. The molecule has 0 aliphatic carbocycles. The third-order valence-corrected chi connectivity index (χ3v) is 4.23. The highest BCUT2D eigenvalue weighted by Gasteiger charge is 2.26. The lowest BCUT2D eigenvalue weighted by Gasteiger charge is -2.31. The maximum Gasteiger partial charge on any atom is 0.265 e. The lowest BCUT2D eigenvalue weighted by Crippen LogP contribution is -2.38. The van der Waals surface area contributed by atoms with E-state index in [0.717, 1.165) is 25.9 Å². The normalized spacial score (nSPS) is 22.3. The second kappa shape index (κ2) is 5.39. The zero-order chi connectivity index (χ0) is 15.0. The Balaban J connectivity index is 1.79. The van der Waals surface area contributed by atoms with Crippen LogP contribution in [0.1, 0.15) is 37.0 Å². The minimum absolute atomic E-state index is 0.0255. The number of carbonyl (C=O) groups excluding carboxylic acids is 2. The van der Waals surface area contributed by atoms with Gasteiger partial charge in [-0.15, -0.1) is 0 Å². The number of ether oxygens (including phenoxy) is 1. The summed E-state index contributed by atoms with van der Waals surface area (Å²) in [6.45, 7) is 5.52. The number of likely N-dealkylation sites (tertiary alicyclic amines) is 1. The van der Waals surface area contributed by atoms with Crippen molar-refractivity contribution in [3.63, 3.8) is 0 Å². The van der Waals surface area contributed by atoms with Crippen molar-refractivity contribution < 1.29 is 14.3 Å². The van der Waals surface area contributed by atoms with E-state index in [-0.39, 0.29) is 11.8 Å². The summed E-state index contributed by atoms with van der Waals surface area (Å²) < 4.78 is 5.50. The summed E-state index contributed by atoms with van der Waals surface area (Å²) in [4.78, 5) is 26.0. The number of fused-ring (bicyclic) bond motifs is 1. The van der Waals surface area contributed by atoms with Gasteiger partial charge in [-0.3, -0.25) is 9.59 Å². The highest BCUT2D eigenvalue weighted by Crippen LogP contribution is 2.31. The van der Waals surface area contributed by atoms with Crippen molar-refractivity contribution in [2.75, 3.05) is 18.4 Å². The Bertz CT molecular complexity index is 577. The maximum atomic E-state index is 12.5. The van der Waals surface area contributed by atoms with E-state index in [1.54, 1.807) is 25.1 Å². The molecule has 0 radical (unpaired) electrons. The first-order chi connectivity index (χ1) is 10.0. The first kappa shape index (κ1) is 13.9. The predicted molar refractivity (Wildman–Crippen MR) is 79.5 cm³/mol. The van der Waals surface area contributed by atoms with Crippen LogP contribution in [0, 0.1) is 5.92 Å². The van der Waals surface area contributed by atoms with Gasteiger partial charge in [-0.25, -0.2) is 0 Å². The first-order valence-corrected chi connectivity index (χ1v) is 7.45. The van der Waals surface area contributed by atoms with Crippen molar-refractivity contribution in [1.29, 1.82) is 0 Å². The number of piperidine rings is 1. The van der Waals surface area contributed by atoms with Crippen LogP contribution >= 0.6 is 0 Å². The van der Waals surface area contributed by atoms with E-state index in [4.69, 9.17) is 4.74 Å². The van der Waals surface area contributed by atoms with E-state index < -0.39 is 6.10 Å². The fourth-order valence-corrected chi connectivity index (χ4v) is 2.74. The first-order valence-electron chi connectivity index (χ1n) is 7.45. The summed E-state index contributed by atoms with van der Waals surface area (Å²) in [7, 11) is 0. The third kappa shape index (κ3) is 2.73. The van der Waals surface area contributed by atoms with E-state index in [1.165, 1.54) is 0 Å². The summed E-state index contributed by atoms with van der Waals surface area (Å²) in [5.74, 6) is 1.15. The summed E-state index contributed by atoms with van der Waals surface area (Å²) in [5, 5.41) is 2.78. The van der Waals surface area contributed by atoms with E-state index in [9.17, 15) is 9.59 Å². The Hall–Kier alpha value is -2.04. The number of hydrogen-bond acceptors (Lipinski definition) is 3. The molecule has 0 spiro atoms. The number of anilines is 1. The minimum atomic E-state index is -0.498. The topological polar surface area (TPSA) is 58.6 Å². The number of amides is 2. The zero-order valence-corrected chi connectivity index (χ0v) is 12.4. The van der Waals surface area contributed by atoms with Crippen molar-refractivity contribution in [2.45, 2.75) is 32.8 Å². The molecule has 5 heteroatoms. The summed E-state index contributed by atoms with van der Waals surface area (Å²) >= 11 is 0. The van der Waals surface area contributed by atoms with Crippen LogP contribution in [0.15, 0.2) is 18.2 Å². The van der Waals surface area contributed by atoms with Gasteiger partial charge in [-0.2, -0.15) is 0 Å². The summed E-state index contributed by atoms with van der Waals surface area (Å²) in [6, 6.07) is 5.23. The molecule has 21 heavy (non-hydrogen) atoms. The van der Waals surface area contributed by atoms with Gasteiger partial charge in [0.25, 0.3) is 11.8 Å². The molecule has 2 aliphatic heterocycles. The number of benzene rings is 1. The number of nitrogens with one attached hydrogen (secondary N) is 1. The lowest BCUT2D eigenvalue weighted by atomic mass is 9.98. The van der Waals surface area contributed by atoms with E-state index in [1.807, 2.05) is 4.90 Å². The molecular formula is C16H20N2O3. The third-order valence-electron chi connectivity index (χ3n) is 4.23. The van der Waals surface area contributed by atoms with Gasteiger partial charge in [0.1, 0.15) is 5.75 Å². The summed E-state index contributed by atoms with van der Waals surface area (Å²) in [6.07, 6.45) is 1.60. The molecule has 0 saturated carbocycles. The van der Waals surface area contributed by atoms with Crippen molar-refractivity contribution >= 4 is 17.5 Å². The zero-order valence-electron chi connectivity index (χ0n) is 12.4. The van der Waals surface area contributed by atoms with Crippen molar-refractivity contribution in [2.24, 2.45) is 5.92 Å². The van der Waals surface area contributed by atoms with Gasteiger partial charge in [0.2, 0.25) is 0 Å². The SMILES string of the molecule is CC1CCN(C(=O)c2ccc3c(c2)NC(=O)C(C)O3)CC1. The highest BCUT2D eigenvalue weighted by molar-refractivity contribution is 6.00. The molecule has 1 unspecified atom stereocenters. The smallest absolute Gasteiger partial charge is 0.265 e. The lowest BCUT2D eigenvalue weighted by molar-refractivity contribution is -0.122. The highest BCUT2D eigenvalue weighted by atomic mass is 16.5. The molecule has 1 fully saturated rings. The van der Waals surface area contributed by atoms with Crippen molar-refractivity contribution in [3.05, 3.63) is 23.8 Å². The minimum Gasteiger partial charge on any atom is -0.479 e. The monoisotopic (exact) mass is 288 g/mol. The molecule has 1 aromatic carbocycles. The number of nitrogens with zero attached hydrogens (tertiary/aromatic N) is 1. The van der Waals surface area contributed by atoms with Gasteiger partial charge in [0.05, 0.1) is 5.69 Å². The molecule has 1 aromatic rings. The van der Waals surface area contributed by atoms with Crippen LogP contribution in [-0.4, -0.2) is 35.9 Å². The molecule has 112 valence electrons. The van der Waals surface area contributed by atoms with Crippen molar-refractivity contribution in [3.8, 4) is 5.75 Å². The maximum absolute atomic E-state index is 12.5. The van der Waals surface area contributed by atoms with Crippen LogP contribution in [0.4, 0.5) is 5.69 Å². The van der Waals surface area contributed by atoms with Gasteiger partial charge in [-0.05, 0) is 43.9 Å².